The van der Waals surface area contributed by atoms with Crippen molar-refractivity contribution in [3.8, 4) is 0 Å². The largest absolute Gasteiger partial charge is 0.330 e. The Morgan fingerprint density at radius 1 is 1.50 bits per heavy atom. The summed E-state index contributed by atoms with van der Waals surface area (Å²) in [6, 6.07) is 6.54. The average Bonchev–Trinajstić information content (AvgIpc) is 2.87. The van der Waals surface area contributed by atoms with Crippen LogP contribution in [0.5, 0.6) is 0 Å². The third-order valence-electron chi connectivity index (χ3n) is 3.56. The van der Waals surface area contributed by atoms with Gasteiger partial charge in [-0.3, -0.25) is 0 Å². The zero-order valence-electron chi connectivity index (χ0n) is 9.61. The molecule has 0 saturated heterocycles. The van der Waals surface area contributed by atoms with Crippen molar-refractivity contribution in [3.05, 3.63) is 29.6 Å². The van der Waals surface area contributed by atoms with Gasteiger partial charge < -0.3 is 10.3 Å². The fourth-order valence-corrected chi connectivity index (χ4v) is 2.47. The van der Waals surface area contributed by atoms with E-state index in [1.807, 2.05) is 0 Å². The number of hydrogen-bond donors (Lipinski definition) is 1. The number of fused-ring (bicyclic) bond motifs is 3. The molecule has 0 radical (unpaired) electrons. The number of aromatic nitrogens is 2. The molecule has 0 bridgehead atoms. The number of aryl methyl sites for hydroxylation is 2. The van der Waals surface area contributed by atoms with Crippen LogP contribution < -0.4 is 5.73 Å². The molecule has 84 valence electrons. The van der Waals surface area contributed by atoms with E-state index in [9.17, 15) is 0 Å². The van der Waals surface area contributed by atoms with E-state index in [0.29, 0.717) is 12.5 Å². The molecule has 0 spiro atoms. The summed E-state index contributed by atoms with van der Waals surface area (Å²) in [5.74, 6) is 1.67. The second-order valence-corrected chi connectivity index (χ2v) is 4.67. The second kappa shape index (κ2) is 3.59. The quantitative estimate of drug-likeness (QED) is 0.833. The molecule has 0 amide bonds. The summed E-state index contributed by atoms with van der Waals surface area (Å²) < 4.78 is 2.35. The summed E-state index contributed by atoms with van der Waals surface area (Å²) in [5.41, 5.74) is 9.45. The zero-order valence-corrected chi connectivity index (χ0v) is 9.61. The van der Waals surface area contributed by atoms with E-state index in [-0.39, 0.29) is 0 Å². The molecule has 0 aliphatic carbocycles. The van der Waals surface area contributed by atoms with Crippen LogP contribution in [0.4, 0.5) is 0 Å². The lowest BCUT2D eigenvalue weighted by atomic mass is 10.0. The number of rotatable bonds is 2. The van der Waals surface area contributed by atoms with E-state index < -0.39 is 0 Å². The molecule has 1 aromatic heterocycles. The first-order valence-electron chi connectivity index (χ1n) is 5.98. The smallest absolute Gasteiger partial charge is 0.109 e. The minimum atomic E-state index is 0.428. The topological polar surface area (TPSA) is 43.8 Å². The Morgan fingerprint density at radius 3 is 3.19 bits per heavy atom. The minimum Gasteiger partial charge on any atom is -0.330 e. The standard InChI is InChI=1S/C13H17N3/c1-9(8-14)10-4-5-11-12(7-10)16-6-2-3-13(16)15-11/h4-5,7,9H,2-3,6,8,14H2,1H3. The Morgan fingerprint density at radius 2 is 2.38 bits per heavy atom. The highest BCUT2D eigenvalue weighted by Gasteiger charge is 2.16. The molecular weight excluding hydrogens is 198 g/mol. The van der Waals surface area contributed by atoms with Crippen LogP contribution in [-0.4, -0.2) is 16.1 Å². The first kappa shape index (κ1) is 9.85. The van der Waals surface area contributed by atoms with E-state index in [2.05, 4.69) is 34.7 Å². The van der Waals surface area contributed by atoms with E-state index in [4.69, 9.17) is 5.73 Å². The number of imidazole rings is 1. The van der Waals surface area contributed by atoms with Gasteiger partial charge in [0, 0.05) is 13.0 Å². The SMILES string of the molecule is CC(CN)c1ccc2nc3n(c2c1)CCC3. The lowest BCUT2D eigenvalue weighted by Crippen LogP contribution is -2.08. The molecule has 16 heavy (non-hydrogen) atoms. The summed E-state index contributed by atoms with van der Waals surface area (Å²) in [6.45, 7) is 3.99. The van der Waals surface area contributed by atoms with Crippen LogP contribution >= 0.6 is 0 Å². The van der Waals surface area contributed by atoms with E-state index in [1.54, 1.807) is 0 Å². The van der Waals surface area contributed by atoms with Gasteiger partial charge in [-0.05, 0) is 36.6 Å². The van der Waals surface area contributed by atoms with Crippen LogP contribution in [-0.2, 0) is 13.0 Å². The first-order chi connectivity index (χ1) is 7.79. The predicted molar refractivity (Wildman–Crippen MR) is 65.5 cm³/mol. The van der Waals surface area contributed by atoms with Crippen LogP contribution in [0.2, 0.25) is 0 Å². The fourth-order valence-electron chi connectivity index (χ4n) is 2.47. The van der Waals surface area contributed by atoms with Crippen molar-refractivity contribution < 1.29 is 0 Å². The van der Waals surface area contributed by atoms with Crippen LogP contribution in [0.1, 0.15) is 30.7 Å². The van der Waals surface area contributed by atoms with Crippen LogP contribution in [0, 0.1) is 0 Å². The number of benzene rings is 1. The minimum absolute atomic E-state index is 0.428. The van der Waals surface area contributed by atoms with Crippen molar-refractivity contribution in [3.63, 3.8) is 0 Å². The molecule has 1 aliphatic heterocycles. The third kappa shape index (κ3) is 1.35. The highest BCUT2D eigenvalue weighted by atomic mass is 15.1. The van der Waals surface area contributed by atoms with Gasteiger partial charge in [0.1, 0.15) is 5.82 Å². The Hall–Kier alpha value is -1.35. The summed E-state index contributed by atoms with van der Waals surface area (Å²) in [4.78, 5) is 4.65. The number of nitrogens with two attached hydrogens (primary N) is 1. The zero-order chi connectivity index (χ0) is 11.1. The summed E-state index contributed by atoms with van der Waals surface area (Å²) in [6.07, 6.45) is 2.35. The molecule has 2 aromatic rings. The highest BCUT2D eigenvalue weighted by molar-refractivity contribution is 5.77. The molecule has 3 heteroatoms. The summed E-state index contributed by atoms with van der Waals surface area (Å²) in [7, 11) is 0. The Bertz CT molecular complexity index is 527. The van der Waals surface area contributed by atoms with Gasteiger partial charge in [0.25, 0.3) is 0 Å². The van der Waals surface area contributed by atoms with E-state index >= 15 is 0 Å². The second-order valence-electron chi connectivity index (χ2n) is 4.67. The highest BCUT2D eigenvalue weighted by Crippen LogP contribution is 2.25. The van der Waals surface area contributed by atoms with Crippen LogP contribution in [0.15, 0.2) is 18.2 Å². The van der Waals surface area contributed by atoms with Gasteiger partial charge in [0.15, 0.2) is 0 Å². The number of hydrogen-bond acceptors (Lipinski definition) is 2. The van der Waals surface area contributed by atoms with Gasteiger partial charge in [-0.1, -0.05) is 13.0 Å². The van der Waals surface area contributed by atoms with Crippen LogP contribution in [0.25, 0.3) is 11.0 Å². The van der Waals surface area contributed by atoms with Crippen molar-refractivity contribution >= 4 is 11.0 Å². The van der Waals surface area contributed by atoms with Crippen molar-refractivity contribution in [1.82, 2.24) is 9.55 Å². The fraction of sp³-hybridized carbons (Fsp3) is 0.462. The summed E-state index contributed by atoms with van der Waals surface area (Å²) in [5, 5.41) is 0. The van der Waals surface area contributed by atoms with Gasteiger partial charge >= 0.3 is 0 Å². The molecule has 1 atom stereocenters. The van der Waals surface area contributed by atoms with Crippen molar-refractivity contribution in [2.45, 2.75) is 32.2 Å². The Labute approximate surface area is 95.3 Å². The normalized spacial score (nSPS) is 16.6. The monoisotopic (exact) mass is 215 g/mol. The van der Waals surface area contributed by atoms with Gasteiger partial charge in [-0.2, -0.15) is 0 Å². The predicted octanol–water partition coefficient (Wildman–Crippen LogP) is 2.04. The maximum atomic E-state index is 5.71. The molecule has 1 aromatic carbocycles. The van der Waals surface area contributed by atoms with Crippen molar-refractivity contribution in [2.75, 3.05) is 6.54 Å². The molecule has 3 nitrogen and oxygen atoms in total. The average molecular weight is 215 g/mol. The Balaban J connectivity index is 2.16. The summed E-state index contributed by atoms with van der Waals surface area (Å²) >= 11 is 0. The molecular formula is C13H17N3. The van der Waals surface area contributed by atoms with Gasteiger partial charge in [-0.25, -0.2) is 4.98 Å². The molecule has 1 unspecified atom stereocenters. The van der Waals surface area contributed by atoms with E-state index in [1.165, 1.54) is 23.3 Å². The molecule has 2 heterocycles. The molecule has 0 saturated carbocycles. The van der Waals surface area contributed by atoms with Crippen molar-refractivity contribution in [2.24, 2.45) is 5.73 Å². The molecule has 3 rings (SSSR count). The van der Waals surface area contributed by atoms with Gasteiger partial charge in [-0.15, -0.1) is 0 Å². The third-order valence-corrected chi connectivity index (χ3v) is 3.56. The number of nitrogens with zero attached hydrogens (tertiary/aromatic N) is 2. The molecule has 0 fully saturated rings. The first-order valence-corrected chi connectivity index (χ1v) is 5.98. The lowest BCUT2D eigenvalue weighted by Gasteiger charge is -2.09. The lowest BCUT2D eigenvalue weighted by molar-refractivity contribution is 0.761. The molecule has 2 N–H and O–H groups in total. The van der Waals surface area contributed by atoms with Gasteiger partial charge in [0.2, 0.25) is 0 Å². The van der Waals surface area contributed by atoms with Crippen molar-refractivity contribution in [1.29, 1.82) is 0 Å². The maximum absolute atomic E-state index is 5.71. The maximum Gasteiger partial charge on any atom is 0.109 e. The van der Waals surface area contributed by atoms with Gasteiger partial charge in [0.05, 0.1) is 11.0 Å². The van der Waals surface area contributed by atoms with Crippen LogP contribution in [0.3, 0.4) is 0 Å². The molecule has 1 aliphatic rings. The Kier molecular flexibility index (Phi) is 2.21. The van der Waals surface area contributed by atoms with E-state index in [0.717, 1.165) is 18.5 Å².